The lowest BCUT2D eigenvalue weighted by Gasteiger charge is -2.14. The van der Waals surface area contributed by atoms with Crippen LogP contribution in [0.5, 0.6) is 0 Å². The zero-order valence-corrected chi connectivity index (χ0v) is 12.0. The van der Waals surface area contributed by atoms with Crippen LogP contribution in [0, 0.1) is 0 Å². The van der Waals surface area contributed by atoms with E-state index in [1.165, 1.54) is 0 Å². The molecule has 20 heavy (non-hydrogen) atoms. The standard InChI is InChI=1S/C15H20N2O3/c1-10(9-13-7-5-4-6-8-13)11(2)14(18)20-12(3)17-15(16)19/h4-8,12H,9H2,1-3H3,(H3,16,17,19)/b11-10+/t12-/m0/s1. The first-order valence-corrected chi connectivity index (χ1v) is 6.37. The van der Waals surface area contributed by atoms with Gasteiger partial charge in [0, 0.05) is 5.57 Å². The van der Waals surface area contributed by atoms with Gasteiger partial charge in [0.2, 0.25) is 0 Å². The molecule has 0 saturated carbocycles. The second-order valence-electron chi connectivity index (χ2n) is 4.62. The van der Waals surface area contributed by atoms with Gasteiger partial charge in [-0.25, -0.2) is 9.59 Å². The first kappa shape index (κ1) is 15.8. The second-order valence-corrected chi connectivity index (χ2v) is 4.62. The van der Waals surface area contributed by atoms with Crippen LogP contribution in [0.1, 0.15) is 26.3 Å². The molecule has 0 bridgehead atoms. The fourth-order valence-electron chi connectivity index (χ4n) is 1.69. The summed E-state index contributed by atoms with van der Waals surface area (Å²) in [5.41, 5.74) is 7.54. The molecule has 2 amide bonds. The van der Waals surface area contributed by atoms with Crippen LogP contribution in [-0.4, -0.2) is 18.2 Å². The maximum Gasteiger partial charge on any atom is 0.335 e. The van der Waals surface area contributed by atoms with E-state index in [1.54, 1.807) is 13.8 Å². The lowest BCUT2D eigenvalue weighted by molar-refractivity contribution is -0.144. The number of amides is 2. The summed E-state index contributed by atoms with van der Waals surface area (Å²) in [6.07, 6.45) is -0.0705. The van der Waals surface area contributed by atoms with E-state index in [4.69, 9.17) is 10.5 Å². The molecule has 0 aliphatic heterocycles. The number of carbonyl (C=O) groups excluding carboxylic acids is 2. The molecule has 5 heteroatoms. The highest BCUT2D eigenvalue weighted by Gasteiger charge is 2.14. The third kappa shape index (κ3) is 5.14. The van der Waals surface area contributed by atoms with Gasteiger partial charge in [0.05, 0.1) is 0 Å². The maximum atomic E-state index is 11.9. The van der Waals surface area contributed by atoms with Gasteiger partial charge in [-0.2, -0.15) is 0 Å². The van der Waals surface area contributed by atoms with Gasteiger partial charge >= 0.3 is 12.0 Å². The van der Waals surface area contributed by atoms with Gasteiger partial charge in [0.1, 0.15) is 0 Å². The Bertz CT molecular complexity index is 509. The molecule has 0 saturated heterocycles. The van der Waals surface area contributed by atoms with Gasteiger partial charge in [-0.15, -0.1) is 0 Å². The zero-order valence-electron chi connectivity index (χ0n) is 12.0. The Labute approximate surface area is 118 Å². The van der Waals surface area contributed by atoms with Gasteiger partial charge in [0.25, 0.3) is 0 Å². The Kier molecular flexibility index (Phi) is 5.77. The van der Waals surface area contributed by atoms with Gasteiger partial charge < -0.3 is 15.8 Å². The van der Waals surface area contributed by atoms with Crippen molar-refractivity contribution in [2.45, 2.75) is 33.4 Å². The molecule has 3 N–H and O–H groups in total. The molecule has 0 aliphatic carbocycles. The van der Waals surface area contributed by atoms with Crippen LogP contribution in [0.4, 0.5) is 4.79 Å². The average Bonchev–Trinajstić information content (AvgIpc) is 2.37. The Morgan fingerprint density at radius 2 is 1.85 bits per heavy atom. The molecule has 108 valence electrons. The Morgan fingerprint density at radius 3 is 2.40 bits per heavy atom. The van der Waals surface area contributed by atoms with Crippen molar-refractivity contribution in [1.29, 1.82) is 0 Å². The smallest absolute Gasteiger partial charge is 0.335 e. The summed E-state index contributed by atoms with van der Waals surface area (Å²) >= 11 is 0. The first-order valence-electron chi connectivity index (χ1n) is 6.37. The number of nitrogens with one attached hydrogen (secondary N) is 1. The molecular formula is C15H20N2O3. The Balaban J connectivity index is 2.66. The van der Waals surface area contributed by atoms with E-state index < -0.39 is 18.2 Å². The summed E-state index contributed by atoms with van der Waals surface area (Å²) in [5, 5.41) is 2.29. The number of urea groups is 1. The number of allylic oxidation sites excluding steroid dienone is 1. The third-order valence-corrected chi connectivity index (χ3v) is 2.89. The van der Waals surface area contributed by atoms with Crippen molar-refractivity contribution in [2.75, 3.05) is 0 Å². The Morgan fingerprint density at radius 1 is 1.25 bits per heavy atom. The number of nitrogens with two attached hydrogens (primary N) is 1. The number of carbonyl (C=O) groups is 2. The number of ether oxygens (including phenoxy) is 1. The number of esters is 1. The van der Waals surface area contributed by atoms with Crippen molar-refractivity contribution in [3.05, 3.63) is 47.0 Å². The summed E-state index contributed by atoms with van der Waals surface area (Å²) in [4.78, 5) is 22.5. The number of hydrogen-bond donors (Lipinski definition) is 2. The van der Waals surface area contributed by atoms with E-state index in [9.17, 15) is 9.59 Å². The summed E-state index contributed by atoms with van der Waals surface area (Å²) in [6.45, 7) is 5.13. The third-order valence-electron chi connectivity index (χ3n) is 2.89. The molecule has 0 aromatic heterocycles. The minimum Gasteiger partial charge on any atom is -0.439 e. The van der Waals surface area contributed by atoms with Crippen molar-refractivity contribution in [3.8, 4) is 0 Å². The minimum atomic E-state index is -0.750. The molecule has 0 unspecified atom stereocenters. The highest BCUT2D eigenvalue weighted by Crippen LogP contribution is 2.13. The molecular weight excluding hydrogens is 256 g/mol. The lowest BCUT2D eigenvalue weighted by Crippen LogP contribution is -2.39. The fourth-order valence-corrected chi connectivity index (χ4v) is 1.69. The fraction of sp³-hybridized carbons (Fsp3) is 0.333. The largest absolute Gasteiger partial charge is 0.439 e. The van der Waals surface area contributed by atoms with E-state index in [1.807, 2.05) is 37.3 Å². The predicted octanol–water partition coefficient (Wildman–Crippen LogP) is 2.12. The van der Waals surface area contributed by atoms with Crippen LogP contribution in [0.2, 0.25) is 0 Å². The van der Waals surface area contributed by atoms with Gasteiger partial charge in [0.15, 0.2) is 6.23 Å². The summed E-state index contributed by atoms with van der Waals surface area (Å²) in [5.74, 6) is -0.459. The normalized spacial score (nSPS) is 13.2. The predicted molar refractivity (Wildman–Crippen MR) is 76.8 cm³/mol. The number of rotatable bonds is 5. The van der Waals surface area contributed by atoms with Gasteiger partial charge in [-0.1, -0.05) is 35.9 Å². The molecule has 0 radical (unpaired) electrons. The number of benzene rings is 1. The molecule has 1 rings (SSSR count). The van der Waals surface area contributed by atoms with Crippen LogP contribution in [-0.2, 0) is 16.0 Å². The molecule has 1 atom stereocenters. The van der Waals surface area contributed by atoms with Crippen molar-refractivity contribution in [2.24, 2.45) is 5.73 Å². The van der Waals surface area contributed by atoms with E-state index in [-0.39, 0.29) is 0 Å². The maximum absolute atomic E-state index is 11.9. The number of hydrogen-bond acceptors (Lipinski definition) is 3. The monoisotopic (exact) mass is 276 g/mol. The van der Waals surface area contributed by atoms with Crippen molar-refractivity contribution >= 4 is 12.0 Å². The highest BCUT2D eigenvalue weighted by atomic mass is 16.6. The molecule has 0 heterocycles. The van der Waals surface area contributed by atoms with Crippen LogP contribution in [0.15, 0.2) is 41.5 Å². The highest BCUT2D eigenvalue weighted by molar-refractivity contribution is 5.89. The molecule has 0 aliphatic rings. The van der Waals surface area contributed by atoms with E-state index in [2.05, 4.69) is 5.32 Å². The lowest BCUT2D eigenvalue weighted by atomic mass is 10.0. The zero-order chi connectivity index (χ0) is 15.1. The van der Waals surface area contributed by atoms with Crippen molar-refractivity contribution in [1.82, 2.24) is 5.32 Å². The minimum absolute atomic E-state index is 0.459. The summed E-state index contributed by atoms with van der Waals surface area (Å²) < 4.78 is 5.07. The van der Waals surface area contributed by atoms with E-state index in [0.717, 1.165) is 11.1 Å². The first-order chi connectivity index (χ1) is 9.40. The molecule has 0 fully saturated rings. The number of primary amides is 1. The van der Waals surface area contributed by atoms with Crippen LogP contribution in [0.25, 0.3) is 0 Å². The van der Waals surface area contributed by atoms with Gasteiger partial charge in [-0.3, -0.25) is 0 Å². The van der Waals surface area contributed by atoms with E-state index in [0.29, 0.717) is 12.0 Å². The molecule has 5 nitrogen and oxygen atoms in total. The quantitative estimate of drug-likeness (QED) is 0.491. The van der Waals surface area contributed by atoms with E-state index >= 15 is 0 Å². The summed E-state index contributed by atoms with van der Waals surface area (Å²) in [7, 11) is 0. The SMILES string of the molecule is C/C(Cc1ccccc1)=C(/C)C(=O)O[C@@H](C)NC(N)=O. The van der Waals surface area contributed by atoms with Crippen molar-refractivity contribution < 1.29 is 14.3 Å². The van der Waals surface area contributed by atoms with Gasteiger partial charge in [-0.05, 0) is 32.8 Å². The average molecular weight is 276 g/mol. The van der Waals surface area contributed by atoms with Crippen LogP contribution >= 0.6 is 0 Å². The second kappa shape index (κ2) is 7.33. The molecule has 1 aromatic carbocycles. The molecule has 0 spiro atoms. The van der Waals surface area contributed by atoms with Crippen LogP contribution < -0.4 is 11.1 Å². The van der Waals surface area contributed by atoms with Crippen LogP contribution in [0.3, 0.4) is 0 Å². The van der Waals surface area contributed by atoms with Crippen molar-refractivity contribution in [3.63, 3.8) is 0 Å². The molecule has 1 aromatic rings. The Hall–Kier alpha value is -2.30. The topological polar surface area (TPSA) is 81.4 Å². The summed E-state index contributed by atoms with van der Waals surface area (Å²) in [6, 6.07) is 9.12.